The van der Waals surface area contributed by atoms with Gasteiger partial charge in [0.25, 0.3) is 0 Å². The van der Waals surface area contributed by atoms with Crippen LogP contribution >= 0.6 is 0 Å². The summed E-state index contributed by atoms with van der Waals surface area (Å²) in [7, 11) is 2.20. The van der Waals surface area contributed by atoms with Crippen molar-refractivity contribution in [1.29, 1.82) is 0 Å². The largest absolute Gasteiger partial charge is 0.494 e. The van der Waals surface area contributed by atoms with Crippen LogP contribution in [0.15, 0.2) is 24.3 Å². The Morgan fingerprint density at radius 3 is 2.29 bits per heavy atom. The van der Waals surface area contributed by atoms with Gasteiger partial charge in [0.1, 0.15) is 5.75 Å². The highest BCUT2D eigenvalue weighted by molar-refractivity contribution is 5.29. The summed E-state index contributed by atoms with van der Waals surface area (Å²) in [4.78, 5) is 2.40. The molecule has 3 nitrogen and oxygen atoms in total. The van der Waals surface area contributed by atoms with Crippen molar-refractivity contribution in [3.63, 3.8) is 0 Å². The van der Waals surface area contributed by atoms with Gasteiger partial charge in [-0.2, -0.15) is 0 Å². The Morgan fingerprint density at radius 1 is 1.10 bits per heavy atom. The van der Waals surface area contributed by atoms with Crippen LogP contribution in [0.2, 0.25) is 0 Å². The Hall–Kier alpha value is -1.06. The number of nitrogens with zero attached hydrogens (tertiary/aromatic N) is 1. The Balaban J connectivity index is 2.66. The predicted molar refractivity (Wildman–Crippen MR) is 91.0 cm³/mol. The monoisotopic (exact) mass is 292 g/mol. The Kier molecular flexibility index (Phi) is 8.40. The van der Waals surface area contributed by atoms with Crippen molar-refractivity contribution in [2.45, 2.75) is 40.2 Å². The van der Waals surface area contributed by atoms with Gasteiger partial charge in [0.05, 0.1) is 6.61 Å². The van der Waals surface area contributed by atoms with Gasteiger partial charge in [-0.3, -0.25) is 0 Å². The quantitative estimate of drug-likeness (QED) is 0.711. The average Bonchev–Trinajstić information content (AvgIpc) is 2.44. The summed E-state index contributed by atoms with van der Waals surface area (Å²) in [6.45, 7) is 12.7. The van der Waals surface area contributed by atoms with E-state index in [4.69, 9.17) is 4.74 Å². The van der Waals surface area contributed by atoms with Crippen molar-refractivity contribution in [2.75, 3.05) is 33.3 Å². The molecule has 3 heteroatoms. The molecular formula is C18H32N2O. The van der Waals surface area contributed by atoms with Crippen LogP contribution in [0.25, 0.3) is 0 Å². The summed E-state index contributed by atoms with van der Waals surface area (Å²) in [6, 6.07) is 8.90. The molecule has 0 fully saturated rings. The molecule has 1 atom stereocenters. The van der Waals surface area contributed by atoms with E-state index < -0.39 is 0 Å². The first kappa shape index (κ1) is 18.0. The average molecular weight is 292 g/mol. The molecule has 0 saturated heterocycles. The summed E-state index contributed by atoms with van der Waals surface area (Å²) < 4.78 is 5.65. The third-order valence-electron chi connectivity index (χ3n) is 3.38. The molecule has 0 heterocycles. The molecule has 0 aromatic heterocycles. The number of likely N-dealkylation sites (N-methyl/N-ethyl adjacent to an activating group) is 2. The smallest absolute Gasteiger partial charge is 0.119 e. The van der Waals surface area contributed by atoms with Crippen molar-refractivity contribution in [2.24, 2.45) is 5.92 Å². The molecule has 1 aromatic rings. The van der Waals surface area contributed by atoms with E-state index in [1.807, 2.05) is 0 Å². The number of hydrogen-bond acceptors (Lipinski definition) is 3. The minimum Gasteiger partial charge on any atom is -0.494 e. The fraction of sp³-hybridized carbons (Fsp3) is 0.667. The molecule has 21 heavy (non-hydrogen) atoms. The Morgan fingerprint density at radius 2 is 1.76 bits per heavy atom. The van der Waals surface area contributed by atoms with Gasteiger partial charge >= 0.3 is 0 Å². The van der Waals surface area contributed by atoms with Crippen LogP contribution in [0, 0.1) is 5.92 Å². The van der Waals surface area contributed by atoms with Crippen LogP contribution in [-0.2, 0) is 0 Å². The third kappa shape index (κ3) is 6.96. The number of ether oxygens (including phenoxy) is 1. The van der Waals surface area contributed by atoms with Crippen molar-refractivity contribution in [1.82, 2.24) is 10.2 Å². The summed E-state index contributed by atoms with van der Waals surface area (Å²) in [6.07, 6.45) is 1.04. The molecule has 0 aliphatic rings. The fourth-order valence-electron chi connectivity index (χ4n) is 2.56. The van der Waals surface area contributed by atoms with E-state index in [0.717, 1.165) is 38.4 Å². The highest BCUT2D eigenvalue weighted by Crippen LogP contribution is 2.19. The fourth-order valence-corrected chi connectivity index (χ4v) is 2.56. The molecule has 0 radical (unpaired) electrons. The highest BCUT2D eigenvalue weighted by Gasteiger charge is 2.13. The lowest BCUT2D eigenvalue weighted by molar-refractivity contribution is 0.263. The van der Waals surface area contributed by atoms with E-state index in [1.54, 1.807) is 0 Å². The second kappa shape index (κ2) is 9.80. The molecule has 0 aliphatic heterocycles. The number of hydrogen-bond donors (Lipinski definition) is 1. The van der Waals surface area contributed by atoms with Crippen LogP contribution in [-0.4, -0.2) is 38.2 Å². The normalized spacial score (nSPS) is 12.9. The Labute approximate surface area is 130 Å². The highest BCUT2D eigenvalue weighted by atomic mass is 16.5. The molecular weight excluding hydrogens is 260 g/mol. The molecule has 0 spiro atoms. The first-order chi connectivity index (χ1) is 10.1. The SMILES string of the molecule is CCCOc1ccc(C(CN(C)CC(C)C)NCC)cc1. The van der Waals surface area contributed by atoms with E-state index in [0.29, 0.717) is 12.0 Å². The molecule has 1 aromatic carbocycles. The van der Waals surface area contributed by atoms with Crippen molar-refractivity contribution in [3.05, 3.63) is 29.8 Å². The number of benzene rings is 1. The summed E-state index contributed by atoms with van der Waals surface area (Å²) in [5.41, 5.74) is 1.33. The van der Waals surface area contributed by atoms with Gasteiger partial charge in [0.15, 0.2) is 0 Å². The van der Waals surface area contributed by atoms with Crippen molar-refractivity contribution < 1.29 is 4.74 Å². The zero-order chi connectivity index (χ0) is 15.7. The summed E-state index contributed by atoms with van der Waals surface area (Å²) in [5, 5.41) is 3.58. The molecule has 1 N–H and O–H groups in total. The zero-order valence-corrected chi connectivity index (χ0v) is 14.4. The maximum Gasteiger partial charge on any atom is 0.119 e. The van der Waals surface area contributed by atoms with E-state index in [-0.39, 0.29) is 0 Å². The van der Waals surface area contributed by atoms with Crippen LogP contribution < -0.4 is 10.1 Å². The molecule has 0 aliphatic carbocycles. The van der Waals surface area contributed by atoms with Gasteiger partial charge in [-0.05, 0) is 43.6 Å². The van der Waals surface area contributed by atoms with Gasteiger partial charge in [-0.25, -0.2) is 0 Å². The van der Waals surface area contributed by atoms with Gasteiger partial charge in [-0.15, -0.1) is 0 Å². The maximum absolute atomic E-state index is 5.65. The third-order valence-corrected chi connectivity index (χ3v) is 3.38. The minimum absolute atomic E-state index is 0.374. The first-order valence-electron chi connectivity index (χ1n) is 8.21. The van der Waals surface area contributed by atoms with E-state index in [2.05, 4.69) is 69.2 Å². The van der Waals surface area contributed by atoms with Crippen LogP contribution in [0.5, 0.6) is 5.75 Å². The predicted octanol–water partition coefficient (Wildman–Crippen LogP) is 3.71. The van der Waals surface area contributed by atoms with Gasteiger partial charge in [0.2, 0.25) is 0 Å². The van der Waals surface area contributed by atoms with Crippen molar-refractivity contribution in [3.8, 4) is 5.75 Å². The van der Waals surface area contributed by atoms with Crippen molar-refractivity contribution >= 4 is 0 Å². The van der Waals surface area contributed by atoms with E-state index >= 15 is 0 Å². The Bertz CT molecular complexity index is 375. The lowest BCUT2D eigenvalue weighted by atomic mass is 10.1. The van der Waals surface area contributed by atoms with Crippen LogP contribution in [0.1, 0.15) is 45.7 Å². The van der Waals surface area contributed by atoms with Crippen LogP contribution in [0.4, 0.5) is 0 Å². The standard InChI is InChI=1S/C18H32N2O/c1-6-12-21-17-10-8-16(9-11-17)18(19-7-2)14-20(5)13-15(3)4/h8-11,15,18-19H,6-7,12-14H2,1-5H3. The number of rotatable bonds is 10. The maximum atomic E-state index is 5.65. The minimum atomic E-state index is 0.374. The second-order valence-corrected chi connectivity index (χ2v) is 6.14. The lowest BCUT2D eigenvalue weighted by Crippen LogP contribution is -2.34. The van der Waals surface area contributed by atoms with Gasteiger partial charge in [-0.1, -0.05) is 39.8 Å². The summed E-state index contributed by atoms with van der Waals surface area (Å²) in [5.74, 6) is 1.66. The van der Waals surface area contributed by atoms with Gasteiger partial charge < -0.3 is 15.0 Å². The molecule has 0 bridgehead atoms. The molecule has 1 rings (SSSR count). The second-order valence-electron chi connectivity index (χ2n) is 6.14. The zero-order valence-electron chi connectivity index (χ0n) is 14.4. The van der Waals surface area contributed by atoms with Gasteiger partial charge in [0, 0.05) is 19.1 Å². The lowest BCUT2D eigenvalue weighted by Gasteiger charge is -2.26. The molecule has 1 unspecified atom stereocenters. The van der Waals surface area contributed by atoms with E-state index in [9.17, 15) is 0 Å². The van der Waals surface area contributed by atoms with Crippen LogP contribution in [0.3, 0.4) is 0 Å². The molecule has 120 valence electrons. The topological polar surface area (TPSA) is 24.5 Å². The molecule has 0 saturated carbocycles. The first-order valence-corrected chi connectivity index (χ1v) is 8.21. The van der Waals surface area contributed by atoms with E-state index in [1.165, 1.54) is 5.56 Å². The molecule has 0 amide bonds. The summed E-state index contributed by atoms with van der Waals surface area (Å²) >= 11 is 0. The number of nitrogens with one attached hydrogen (secondary N) is 1.